The van der Waals surface area contributed by atoms with Gasteiger partial charge in [0.2, 0.25) is 0 Å². The maximum Gasteiger partial charge on any atom is 0.138 e. The quantitative estimate of drug-likeness (QED) is 0.862. The molecule has 0 spiro atoms. The summed E-state index contributed by atoms with van der Waals surface area (Å²) in [7, 11) is 0. The second-order valence-electron chi connectivity index (χ2n) is 4.33. The Bertz CT molecular complexity index is 500. The molecule has 0 amide bonds. The summed E-state index contributed by atoms with van der Waals surface area (Å²) in [6, 6.07) is 6.43. The Morgan fingerprint density at radius 1 is 1.25 bits per heavy atom. The third-order valence-corrected chi connectivity index (χ3v) is 3.98. The largest absolute Gasteiger partial charge is 0.463 e. The van der Waals surface area contributed by atoms with Crippen LogP contribution < -0.4 is 5.32 Å². The molecule has 84 valence electrons. The molecule has 1 aromatic heterocycles. The van der Waals surface area contributed by atoms with E-state index < -0.39 is 0 Å². The van der Waals surface area contributed by atoms with Crippen LogP contribution in [0.4, 0.5) is 0 Å². The molecule has 1 aliphatic rings. The van der Waals surface area contributed by atoms with E-state index in [9.17, 15) is 0 Å². The molecule has 3 rings (SSSR count). The number of benzene rings is 1. The van der Waals surface area contributed by atoms with Crippen LogP contribution >= 0.6 is 15.9 Å². The number of rotatable bonds is 1. The number of para-hydroxylation sites is 1. The minimum atomic E-state index is 0.642. The number of piperidine rings is 1. The lowest BCUT2D eigenvalue weighted by Gasteiger charge is -2.22. The number of nitrogens with one attached hydrogen (secondary N) is 1. The number of fused-ring (bicyclic) bond motifs is 1. The molecule has 1 aromatic carbocycles. The first-order valence-corrected chi connectivity index (χ1v) is 6.52. The predicted octanol–water partition coefficient (Wildman–Crippen LogP) is 3.66. The molecule has 0 saturated carbocycles. The van der Waals surface area contributed by atoms with Gasteiger partial charge in [-0.1, -0.05) is 12.1 Å². The molecule has 1 aliphatic heterocycles. The van der Waals surface area contributed by atoms with Crippen LogP contribution in [0.15, 0.2) is 33.4 Å². The molecule has 0 bridgehead atoms. The number of halogens is 1. The van der Waals surface area contributed by atoms with Crippen molar-refractivity contribution in [2.75, 3.05) is 13.1 Å². The molecule has 0 unspecified atom stereocenters. The van der Waals surface area contributed by atoms with Crippen molar-refractivity contribution in [2.24, 2.45) is 0 Å². The van der Waals surface area contributed by atoms with Crippen LogP contribution in [0.25, 0.3) is 11.0 Å². The molecule has 16 heavy (non-hydrogen) atoms. The van der Waals surface area contributed by atoms with Crippen LogP contribution in [0, 0.1) is 0 Å². The number of hydrogen-bond donors (Lipinski definition) is 1. The summed E-state index contributed by atoms with van der Waals surface area (Å²) in [5.74, 6) is 0.642. The Hall–Kier alpha value is -0.800. The van der Waals surface area contributed by atoms with E-state index in [1.165, 1.54) is 23.8 Å². The van der Waals surface area contributed by atoms with Crippen LogP contribution in [-0.4, -0.2) is 13.1 Å². The lowest BCUT2D eigenvalue weighted by Crippen LogP contribution is -2.26. The van der Waals surface area contributed by atoms with Crippen molar-refractivity contribution in [3.05, 3.63) is 34.5 Å². The van der Waals surface area contributed by atoms with E-state index in [0.717, 1.165) is 23.1 Å². The monoisotopic (exact) mass is 279 g/mol. The number of hydrogen-bond acceptors (Lipinski definition) is 2. The van der Waals surface area contributed by atoms with Crippen LogP contribution in [0.3, 0.4) is 0 Å². The molecule has 1 N–H and O–H groups in total. The van der Waals surface area contributed by atoms with E-state index in [-0.39, 0.29) is 0 Å². The fraction of sp³-hybridized carbons (Fsp3) is 0.385. The van der Waals surface area contributed by atoms with Gasteiger partial charge in [-0.2, -0.15) is 0 Å². The van der Waals surface area contributed by atoms with Gasteiger partial charge in [0.05, 0.1) is 4.47 Å². The van der Waals surface area contributed by atoms with E-state index >= 15 is 0 Å². The van der Waals surface area contributed by atoms with Gasteiger partial charge in [0, 0.05) is 5.39 Å². The highest BCUT2D eigenvalue weighted by atomic mass is 79.9. The summed E-state index contributed by atoms with van der Waals surface area (Å²) in [5, 5.41) is 4.59. The maximum absolute atomic E-state index is 5.67. The first-order valence-electron chi connectivity index (χ1n) is 5.72. The Morgan fingerprint density at radius 3 is 2.88 bits per heavy atom. The van der Waals surface area contributed by atoms with Gasteiger partial charge in [0.1, 0.15) is 11.8 Å². The van der Waals surface area contributed by atoms with Gasteiger partial charge < -0.3 is 9.73 Å². The lowest BCUT2D eigenvalue weighted by atomic mass is 9.89. The molecule has 0 aliphatic carbocycles. The Balaban J connectivity index is 2.08. The van der Waals surface area contributed by atoms with Gasteiger partial charge in [0.15, 0.2) is 0 Å². The normalized spacial score (nSPS) is 18.1. The second-order valence-corrected chi connectivity index (χ2v) is 5.19. The summed E-state index contributed by atoms with van der Waals surface area (Å²) >= 11 is 3.52. The van der Waals surface area contributed by atoms with Crippen molar-refractivity contribution in [3.8, 4) is 0 Å². The van der Waals surface area contributed by atoms with Crippen LogP contribution in [0.1, 0.15) is 24.3 Å². The van der Waals surface area contributed by atoms with E-state index in [1.807, 2.05) is 0 Å². The van der Waals surface area contributed by atoms with Crippen LogP contribution in [0.2, 0.25) is 0 Å². The van der Waals surface area contributed by atoms with E-state index in [0.29, 0.717) is 5.92 Å². The topological polar surface area (TPSA) is 25.2 Å². The minimum Gasteiger partial charge on any atom is -0.463 e. The van der Waals surface area contributed by atoms with Gasteiger partial charge >= 0.3 is 0 Å². The molecule has 2 heterocycles. The van der Waals surface area contributed by atoms with Crippen molar-refractivity contribution in [1.29, 1.82) is 0 Å². The van der Waals surface area contributed by atoms with Gasteiger partial charge in [-0.05, 0) is 59.4 Å². The third kappa shape index (κ3) is 1.68. The first kappa shape index (κ1) is 10.4. The van der Waals surface area contributed by atoms with Crippen molar-refractivity contribution in [2.45, 2.75) is 18.8 Å². The van der Waals surface area contributed by atoms with Crippen molar-refractivity contribution in [3.63, 3.8) is 0 Å². The molecule has 2 aromatic rings. The average Bonchev–Trinajstić information content (AvgIpc) is 2.73. The highest BCUT2D eigenvalue weighted by Crippen LogP contribution is 2.35. The predicted molar refractivity (Wildman–Crippen MR) is 68.8 cm³/mol. The average molecular weight is 280 g/mol. The first-order chi connectivity index (χ1) is 7.86. The Kier molecular flexibility index (Phi) is 2.74. The zero-order valence-electron chi connectivity index (χ0n) is 9.00. The molecule has 1 fully saturated rings. The molecule has 0 radical (unpaired) electrons. The summed E-state index contributed by atoms with van der Waals surface area (Å²) in [4.78, 5) is 0. The minimum absolute atomic E-state index is 0.642. The third-order valence-electron chi connectivity index (χ3n) is 3.36. The SMILES string of the molecule is Brc1coc2c(C3CCNCC3)cccc12. The summed E-state index contributed by atoms with van der Waals surface area (Å²) < 4.78 is 6.72. The van der Waals surface area contributed by atoms with Gasteiger partial charge in [-0.3, -0.25) is 0 Å². The molecule has 1 saturated heterocycles. The zero-order valence-corrected chi connectivity index (χ0v) is 10.6. The number of furan rings is 1. The van der Waals surface area contributed by atoms with E-state index in [2.05, 4.69) is 39.4 Å². The van der Waals surface area contributed by atoms with E-state index in [4.69, 9.17) is 4.42 Å². The van der Waals surface area contributed by atoms with Crippen LogP contribution in [-0.2, 0) is 0 Å². The van der Waals surface area contributed by atoms with Gasteiger partial charge in [-0.15, -0.1) is 0 Å². The van der Waals surface area contributed by atoms with Gasteiger partial charge in [-0.25, -0.2) is 0 Å². The molecule has 2 nitrogen and oxygen atoms in total. The van der Waals surface area contributed by atoms with Crippen molar-refractivity contribution < 1.29 is 4.42 Å². The Morgan fingerprint density at radius 2 is 2.06 bits per heavy atom. The van der Waals surface area contributed by atoms with E-state index in [1.54, 1.807) is 6.26 Å². The fourth-order valence-corrected chi connectivity index (χ4v) is 2.91. The smallest absolute Gasteiger partial charge is 0.138 e. The summed E-state index contributed by atoms with van der Waals surface area (Å²) in [6.45, 7) is 2.23. The molecular weight excluding hydrogens is 266 g/mol. The second kappa shape index (κ2) is 4.22. The maximum atomic E-state index is 5.67. The lowest BCUT2D eigenvalue weighted by molar-refractivity contribution is 0.457. The van der Waals surface area contributed by atoms with Gasteiger partial charge in [0.25, 0.3) is 0 Å². The Labute approximate surface area is 103 Å². The molecular formula is C13H14BrNO. The highest BCUT2D eigenvalue weighted by Gasteiger charge is 2.19. The van der Waals surface area contributed by atoms with Crippen molar-refractivity contribution in [1.82, 2.24) is 5.32 Å². The summed E-state index contributed by atoms with van der Waals surface area (Å²) in [6.07, 6.45) is 4.20. The van der Waals surface area contributed by atoms with Crippen LogP contribution in [0.5, 0.6) is 0 Å². The summed E-state index contributed by atoms with van der Waals surface area (Å²) in [5.41, 5.74) is 2.42. The molecule has 0 atom stereocenters. The highest BCUT2D eigenvalue weighted by molar-refractivity contribution is 9.10. The molecule has 3 heteroatoms. The standard InChI is InChI=1S/C13H14BrNO/c14-12-8-16-13-10(2-1-3-11(12)13)9-4-6-15-7-5-9/h1-3,8-9,15H,4-7H2. The fourth-order valence-electron chi connectivity index (χ4n) is 2.50. The zero-order chi connectivity index (χ0) is 11.0. The van der Waals surface area contributed by atoms with Crippen molar-refractivity contribution >= 4 is 26.9 Å².